The molecule has 0 fully saturated rings. The molecule has 0 amide bonds. The molecule has 0 aliphatic heterocycles. The van der Waals surface area contributed by atoms with E-state index in [1.165, 1.54) is 28.9 Å². The predicted octanol–water partition coefficient (Wildman–Crippen LogP) is 4.21. The summed E-state index contributed by atoms with van der Waals surface area (Å²) in [6.45, 7) is 0. The maximum Gasteiger partial charge on any atom is 0.269 e. The Hall–Kier alpha value is -3.08. The van der Waals surface area contributed by atoms with Gasteiger partial charge in [-0.2, -0.15) is 10.4 Å². The van der Waals surface area contributed by atoms with E-state index in [4.69, 9.17) is 28.9 Å². The minimum absolute atomic E-state index is 0.0593. The number of anilines is 1. The molecule has 0 radical (unpaired) electrons. The van der Waals surface area contributed by atoms with Gasteiger partial charge in [0.25, 0.3) is 5.69 Å². The quantitative estimate of drug-likeness (QED) is 0.545. The summed E-state index contributed by atoms with van der Waals surface area (Å²) in [6, 6.07) is 12.5. The highest BCUT2D eigenvalue weighted by molar-refractivity contribution is 6.36. The van der Waals surface area contributed by atoms with Crippen LogP contribution in [0.4, 0.5) is 11.5 Å². The van der Waals surface area contributed by atoms with Crippen molar-refractivity contribution in [3.8, 4) is 23.0 Å². The average molecular weight is 374 g/mol. The summed E-state index contributed by atoms with van der Waals surface area (Å²) in [4.78, 5) is 10.3. The summed E-state index contributed by atoms with van der Waals surface area (Å²) in [7, 11) is 0. The fourth-order valence-corrected chi connectivity index (χ4v) is 2.82. The lowest BCUT2D eigenvalue weighted by atomic mass is 10.1. The number of hydrogen-bond acceptors (Lipinski definition) is 5. The third-order valence-electron chi connectivity index (χ3n) is 3.52. The lowest BCUT2D eigenvalue weighted by Crippen LogP contribution is -2.02. The van der Waals surface area contributed by atoms with Gasteiger partial charge in [-0.3, -0.25) is 10.1 Å². The summed E-state index contributed by atoms with van der Waals surface area (Å²) < 4.78 is 1.34. The van der Waals surface area contributed by atoms with Crippen LogP contribution < -0.4 is 5.73 Å². The topological polar surface area (TPSA) is 111 Å². The van der Waals surface area contributed by atoms with Crippen LogP contribution in [-0.2, 0) is 0 Å². The Morgan fingerprint density at radius 3 is 2.44 bits per heavy atom. The number of nitrogens with zero attached hydrogens (tertiary/aromatic N) is 4. The van der Waals surface area contributed by atoms with Crippen LogP contribution in [0.15, 0.2) is 42.5 Å². The van der Waals surface area contributed by atoms with Gasteiger partial charge >= 0.3 is 0 Å². The largest absolute Gasteiger partial charge is 0.382 e. The van der Waals surface area contributed by atoms with Gasteiger partial charge < -0.3 is 5.73 Å². The Morgan fingerprint density at radius 1 is 1.20 bits per heavy atom. The molecule has 2 aromatic carbocycles. The first kappa shape index (κ1) is 16.8. The zero-order chi connectivity index (χ0) is 18.1. The van der Waals surface area contributed by atoms with Crippen molar-refractivity contribution in [2.75, 3.05) is 5.73 Å². The maximum atomic E-state index is 10.8. The molecule has 0 unspecified atom stereocenters. The number of benzene rings is 2. The lowest BCUT2D eigenvalue weighted by Gasteiger charge is -2.03. The molecule has 2 N–H and O–H groups in total. The van der Waals surface area contributed by atoms with Crippen LogP contribution in [-0.4, -0.2) is 14.7 Å². The lowest BCUT2D eigenvalue weighted by molar-refractivity contribution is -0.384. The van der Waals surface area contributed by atoms with Gasteiger partial charge in [-0.25, -0.2) is 4.68 Å². The summed E-state index contributed by atoms with van der Waals surface area (Å²) in [5.41, 5.74) is 7.43. The second kappa shape index (κ2) is 6.43. The normalized spacial score (nSPS) is 10.4. The SMILES string of the molecule is N#Cc1c(-c2ccc(Cl)cc2Cl)nn(-c2ccc([N+](=O)[O-])cc2)c1N. The molecule has 0 saturated heterocycles. The Balaban J connectivity index is 2.16. The monoisotopic (exact) mass is 373 g/mol. The second-order valence-corrected chi connectivity index (χ2v) is 5.87. The van der Waals surface area contributed by atoms with E-state index in [1.54, 1.807) is 18.2 Å². The average Bonchev–Trinajstić information content (AvgIpc) is 2.91. The van der Waals surface area contributed by atoms with Crippen LogP contribution in [0.5, 0.6) is 0 Å². The van der Waals surface area contributed by atoms with Gasteiger partial charge in [0.2, 0.25) is 0 Å². The van der Waals surface area contributed by atoms with Gasteiger partial charge in [0.1, 0.15) is 23.1 Å². The summed E-state index contributed by atoms with van der Waals surface area (Å²) in [5.74, 6) is 0.109. The van der Waals surface area contributed by atoms with Crippen molar-refractivity contribution in [1.82, 2.24) is 9.78 Å². The van der Waals surface area contributed by atoms with Crippen molar-refractivity contribution >= 4 is 34.7 Å². The maximum absolute atomic E-state index is 10.8. The van der Waals surface area contributed by atoms with E-state index >= 15 is 0 Å². The highest BCUT2D eigenvalue weighted by Crippen LogP contribution is 2.34. The molecule has 3 rings (SSSR count). The fraction of sp³-hybridized carbons (Fsp3) is 0. The number of rotatable bonds is 3. The standard InChI is InChI=1S/C16H9Cl2N5O2/c17-9-1-6-12(14(18)7-9)15-13(8-19)16(20)22(21-15)10-2-4-11(5-3-10)23(24)25/h1-7H,20H2. The molecule has 0 atom stereocenters. The summed E-state index contributed by atoms with van der Waals surface area (Å²) >= 11 is 12.1. The zero-order valence-corrected chi connectivity index (χ0v) is 14.0. The molecule has 0 aliphatic carbocycles. The molecular weight excluding hydrogens is 365 g/mol. The number of hydrogen-bond donors (Lipinski definition) is 1. The number of aromatic nitrogens is 2. The Kier molecular flexibility index (Phi) is 4.31. The second-order valence-electron chi connectivity index (χ2n) is 5.03. The van der Waals surface area contributed by atoms with Crippen LogP contribution >= 0.6 is 23.2 Å². The summed E-state index contributed by atoms with van der Waals surface area (Å²) in [6.07, 6.45) is 0. The molecule has 0 aliphatic rings. The molecule has 124 valence electrons. The minimum atomic E-state index is -0.504. The molecule has 0 saturated carbocycles. The number of nitrogens with two attached hydrogens (primary N) is 1. The molecule has 1 heterocycles. The first-order chi connectivity index (χ1) is 11.9. The van der Waals surface area contributed by atoms with E-state index in [0.717, 1.165) is 0 Å². The molecule has 0 bridgehead atoms. The van der Waals surface area contributed by atoms with Crippen LogP contribution in [0.3, 0.4) is 0 Å². The Labute approximate surface area is 152 Å². The van der Waals surface area contributed by atoms with E-state index in [0.29, 0.717) is 27.0 Å². The zero-order valence-electron chi connectivity index (χ0n) is 12.5. The number of non-ortho nitro benzene ring substituents is 1. The number of nitriles is 1. The molecule has 7 nitrogen and oxygen atoms in total. The van der Waals surface area contributed by atoms with E-state index in [-0.39, 0.29) is 17.1 Å². The minimum Gasteiger partial charge on any atom is -0.382 e. The van der Waals surface area contributed by atoms with Crippen molar-refractivity contribution < 1.29 is 4.92 Å². The number of halogens is 2. The molecule has 3 aromatic rings. The molecule has 0 spiro atoms. The van der Waals surface area contributed by atoms with Crippen LogP contribution in [0, 0.1) is 21.4 Å². The number of nitrogen functional groups attached to an aromatic ring is 1. The van der Waals surface area contributed by atoms with Gasteiger partial charge in [0.15, 0.2) is 0 Å². The van der Waals surface area contributed by atoms with Gasteiger partial charge in [0.05, 0.1) is 15.6 Å². The molecular formula is C16H9Cl2N5O2. The van der Waals surface area contributed by atoms with E-state index in [2.05, 4.69) is 5.10 Å². The van der Waals surface area contributed by atoms with Crippen LogP contribution in [0.2, 0.25) is 10.0 Å². The first-order valence-electron chi connectivity index (χ1n) is 6.91. The van der Waals surface area contributed by atoms with Crippen LogP contribution in [0.1, 0.15) is 5.56 Å². The van der Waals surface area contributed by atoms with Crippen molar-refractivity contribution in [2.24, 2.45) is 0 Å². The van der Waals surface area contributed by atoms with Gasteiger partial charge in [-0.1, -0.05) is 23.2 Å². The van der Waals surface area contributed by atoms with Crippen molar-refractivity contribution in [3.63, 3.8) is 0 Å². The summed E-state index contributed by atoms with van der Waals surface area (Å²) in [5, 5.41) is 25.3. The van der Waals surface area contributed by atoms with E-state index < -0.39 is 4.92 Å². The van der Waals surface area contributed by atoms with E-state index in [9.17, 15) is 15.4 Å². The predicted molar refractivity (Wildman–Crippen MR) is 94.8 cm³/mol. The van der Waals surface area contributed by atoms with E-state index in [1.807, 2.05) is 6.07 Å². The van der Waals surface area contributed by atoms with Gasteiger partial charge in [-0.05, 0) is 30.3 Å². The van der Waals surface area contributed by atoms with Crippen molar-refractivity contribution in [1.29, 1.82) is 5.26 Å². The van der Waals surface area contributed by atoms with Gasteiger partial charge in [-0.15, -0.1) is 0 Å². The molecule has 9 heteroatoms. The number of nitro groups is 1. The number of nitro benzene ring substituents is 1. The smallest absolute Gasteiger partial charge is 0.269 e. The highest BCUT2D eigenvalue weighted by atomic mass is 35.5. The first-order valence-corrected chi connectivity index (χ1v) is 7.67. The fourth-order valence-electron chi connectivity index (χ4n) is 2.32. The van der Waals surface area contributed by atoms with Gasteiger partial charge in [0, 0.05) is 22.7 Å². The Bertz CT molecular complexity index is 1020. The molecule has 25 heavy (non-hydrogen) atoms. The molecule has 1 aromatic heterocycles. The van der Waals surface area contributed by atoms with Crippen molar-refractivity contribution in [2.45, 2.75) is 0 Å². The van der Waals surface area contributed by atoms with Crippen molar-refractivity contribution in [3.05, 3.63) is 68.2 Å². The Morgan fingerprint density at radius 2 is 1.88 bits per heavy atom. The third-order valence-corrected chi connectivity index (χ3v) is 4.07. The van der Waals surface area contributed by atoms with Crippen LogP contribution in [0.25, 0.3) is 16.9 Å². The highest BCUT2D eigenvalue weighted by Gasteiger charge is 2.20. The third kappa shape index (κ3) is 3.01.